The molecular weight excluding hydrogens is 442 g/mol. The number of carbonyl (C=O) groups is 1. The fourth-order valence-corrected chi connectivity index (χ4v) is 4.26. The molecule has 0 bridgehead atoms. The molecule has 35 heavy (non-hydrogen) atoms. The van der Waals surface area contributed by atoms with Crippen LogP contribution in [-0.2, 0) is 4.79 Å². The summed E-state index contributed by atoms with van der Waals surface area (Å²) < 4.78 is 22.9. The van der Waals surface area contributed by atoms with Gasteiger partial charge >= 0.3 is 0 Å². The van der Waals surface area contributed by atoms with Gasteiger partial charge in [-0.1, -0.05) is 32.3 Å². The van der Waals surface area contributed by atoms with E-state index in [1.54, 1.807) is 26.6 Å². The van der Waals surface area contributed by atoms with Gasteiger partial charge in [0.1, 0.15) is 11.3 Å². The average molecular weight is 480 g/mol. The number of carbonyl (C=O) groups excluding carboxylic acids is 1. The maximum atomic E-state index is 12.6. The van der Waals surface area contributed by atoms with Crippen molar-refractivity contribution >= 4 is 22.4 Å². The maximum Gasteiger partial charge on any atom is 0.244 e. The summed E-state index contributed by atoms with van der Waals surface area (Å²) in [5.74, 6) is 1.96. The lowest BCUT2D eigenvalue weighted by Crippen LogP contribution is -2.22. The number of fused-ring (bicyclic) bond motifs is 1. The second kappa shape index (κ2) is 12.3. The number of nitrogens with one attached hydrogen (secondary N) is 1. The number of aryl methyl sites for hydroxylation is 1. The van der Waals surface area contributed by atoms with E-state index in [4.69, 9.17) is 18.6 Å². The van der Waals surface area contributed by atoms with E-state index in [0.29, 0.717) is 24.7 Å². The van der Waals surface area contributed by atoms with Crippen molar-refractivity contribution < 1.29 is 23.4 Å². The van der Waals surface area contributed by atoms with Crippen LogP contribution in [0.2, 0.25) is 0 Å². The molecule has 0 fully saturated rings. The van der Waals surface area contributed by atoms with Crippen LogP contribution in [0.15, 0.2) is 41.0 Å². The number of amides is 1. The Morgan fingerprint density at radius 2 is 1.83 bits per heavy atom. The first kappa shape index (κ1) is 26.2. The summed E-state index contributed by atoms with van der Waals surface area (Å²) in [5, 5.41) is 3.95. The van der Waals surface area contributed by atoms with Gasteiger partial charge in [-0.3, -0.25) is 4.79 Å². The van der Waals surface area contributed by atoms with Crippen LogP contribution in [-0.4, -0.2) is 33.3 Å². The Morgan fingerprint density at radius 3 is 2.51 bits per heavy atom. The molecule has 188 valence electrons. The largest absolute Gasteiger partial charge is 0.493 e. The molecule has 0 aliphatic rings. The molecule has 1 aromatic heterocycles. The number of hydrogen-bond donors (Lipinski definition) is 1. The van der Waals surface area contributed by atoms with Crippen molar-refractivity contribution in [3.05, 3.63) is 47.7 Å². The van der Waals surface area contributed by atoms with Crippen LogP contribution in [0.5, 0.6) is 17.2 Å². The maximum absolute atomic E-state index is 12.6. The van der Waals surface area contributed by atoms with Crippen LogP contribution >= 0.6 is 0 Å². The molecule has 0 radical (unpaired) electrons. The fourth-order valence-electron chi connectivity index (χ4n) is 4.26. The molecule has 0 unspecified atom stereocenters. The van der Waals surface area contributed by atoms with Crippen molar-refractivity contribution in [1.82, 2.24) is 5.32 Å². The molecule has 0 spiro atoms. The predicted molar refractivity (Wildman–Crippen MR) is 141 cm³/mol. The molecule has 0 atom stereocenters. The van der Waals surface area contributed by atoms with E-state index in [2.05, 4.69) is 12.2 Å². The van der Waals surface area contributed by atoms with E-state index in [1.807, 2.05) is 45.0 Å². The molecule has 1 N–H and O–H groups in total. The summed E-state index contributed by atoms with van der Waals surface area (Å²) in [4.78, 5) is 12.6. The highest BCUT2D eigenvalue weighted by Crippen LogP contribution is 2.42. The fraction of sp³-hybridized carbons (Fsp3) is 0.414. The monoisotopic (exact) mass is 479 g/mol. The van der Waals surface area contributed by atoms with Gasteiger partial charge in [0.25, 0.3) is 0 Å². The second-order valence-electron chi connectivity index (χ2n) is 8.59. The van der Waals surface area contributed by atoms with E-state index in [-0.39, 0.29) is 5.91 Å². The van der Waals surface area contributed by atoms with E-state index < -0.39 is 0 Å². The highest BCUT2D eigenvalue weighted by molar-refractivity contribution is 6.01. The molecule has 2 aromatic carbocycles. The highest BCUT2D eigenvalue weighted by Gasteiger charge is 2.20. The molecule has 0 aliphatic carbocycles. The molecule has 3 rings (SSSR count). The Morgan fingerprint density at radius 1 is 1.06 bits per heavy atom. The summed E-state index contributed by atoms with van der Waals surface area (Å²) in [6, 6.07) is 7.84. The smallest absolute Gasteiger partial charge is 0.244 e. The van der Waals surface area contributed by atoms with Crippen molar-refractivity contribution in [2.45, 2.75) is 53.4 Å². The quantitative estimate of drug-likeness (QED) is 0.225. The molecule has 6 heteroatoms. The third-order valence-corrected chi connectivity index (χ3v) is 6.13. The third kappa shape index (κ3) is 5.99. The van der Waals surface area contributed by atoms with Crippen molar-refractivity contribution in [2.75, 3.05) is 27.4 Å². The minimum Gasteiger partial charge on any atom is -0.493 e. The molecule has 1 heterocycles. The summed E-state index contributed by atoms with van der Waals surface area (Å²) in [7, 11) is 3.24. The van der Waals surface area contributed by atoms with E-state index in [1.165, 1.54) is 12.8 Å². The molecule has 0 saturated heterocycles. The Labute approximate surface area is 208 Å². The normalized spacial score (nSPS) is 11.5. The van der Waals surface area contributed by atoms with Gasteiger partial charge in [-0.15, -0.1) is 0 Å². The average Bonchev–Trinajstić information content (AvgIpc) is 3.29. The van der Waals surface area contributed by atoms with Crippen LogP contribution in [0.25, 0.3) is 27.7 Å². The number of methoxy groups -OCH3 is 2. The first-order valence-electron chi connectivity index (χ1n) is 12.3. The van der Waals surface area contributed by atoms with Crippen LogP contribution in [0.1, 0.15) is 57.6 Å². The van der Waals surface area contributed by atoms with Crippen molar-refractivity contribution in [3.63, 3.8) is 0 Å². The van der Waals surface area contributed by atoms with Gasteiger partial charge in [-0.2, -0.15) is 0 Å². The van der Waals surface area contributed by atoms with E-state index in [0.717, 1.165) is 57.4 Å². The lowest BCUT2D eigenvalue weighted by Gasteiger charge is -2.15. The van der Waals surface area contributed by atoms with Crippen LogP contribution in [0, 0.1) is 6.92 Å². The molecular formula is C29H37NO5. The summed E-state index contributed by atoms with van der Waals surface area (Å²) >= 11 is 0. The number of unbranched alkanes of at least 4 members (excludes halogenated alkanes) is 3. The standard InChI is InChI=1S/C29H37NO5/c1-7-9-10-11-14-30-27(31)15-19(3)22-17-23-24(18-35-29(23)20(4)28(22)34-8-2)21-12-13-25(32-5)26(16-21)33-6/h12-13,15-18H,7-11,14H2,1-6H3,(H,30,31)/b19-15+. The number of benzene rings is 2. The van der Waals surface area contributed by atoms with Crippen molar-refractivity contribution in [2.24, 2.45) is 0 Å². The molecule has 3 aromatic rings. The number of ether oxygens (including phenoxy) is 3. The van der Waals surface area contributed by atoms with Crippen molar-refractivity contribution in [3.8, 4) is 28.4 Å². The Kier molecular flexibility index (Phi) is 9.24. The SMILES string of the molecule is CCCCCCNC(=O)/C=C(\C)c1cc2c(-c3ccc(OC)c(OC)c3)coc2c(C)c1OCC. The molecule has 1 amide bonds. The van der Waals surface area contributed by atoms with Gasteiger partial charge in [0.2, 0.25) is 5.91 Å². The zero-order valence-electron chi connectivity index (χ0n) is 21.7. The van der Waals surface area contributed by atoms with Gasteiger partial charge in [0, 0.05) is 34.7 Å². The van der Waals surface area contributed by atoms with Crippen LogP contribution in [0.4, 0.5) is 0 Å². The number of allylic oxidation sites excluding steroid dienone is 1. The Bertz CT molecular complexity index is 1190. The van der Waals surface area contributed by atoms with Gasteiger partial charge in [-0.25, -0.2) is 0 Å². The molecule has 0 saturated carbocycles. The number of rotatable bonds is 12. The zero-order valence-corrected chi connectivity index (χ0v) is 21.7. The summed E-state index contributed by atoms with van der Waals surface area (Å²) in [6.07, 6.45) is 7.89. The first-order valence-corrected chi connectivity index (χ1v) is 12.3. The topological polar surface area (TPSA) is 69.9 Å². The second-order valence-corrected chi connectivity index (χ2v) is 8.59. The van der Waals surface area contributed by atoms with Gasteiger partial charge < -0.3 is 23.9 Å². The Balaban J connectivity index is 2.01. The van der Waals surface area contributed by atoms with Gasteiger partial charge in [0.05, 0.1) is 27.1 Å². The minimum atomic E-state index is -0.0912. The molecule has 6 nitrogen and oxygen atoms in total. The lowest BCUT2D eigenvalue weighted by molar-refractivity contribution is -0.116. The van der Waals surface area contributed by atoms with Crippen LogP contribution in [0.3, 0.4) is 0 Å². The lowest BCUT2D eigenvalue weighted by atomic mass is 9.96. The summed E-state index contributed by atoms with van der Waals surface area (Å²) in [5.41, 5.74) is 5.25. The van der Waals surface area contributed by atoms with Crippen molar-refractivity contribution in [1.29, 1.82) is 0 Å². The molecule has 0 aliphatic heterocycles. The minimum absolute atomic E-state index is 0.0912. The van der Waals surface area contributed by atoms with Gasteiger partial charge in [-0.05, 0) is 56.5 Å². The first-order chi connectivity index (χ1) is 16.9. The summed E-state index contributed by atoms with van der Waals surface area (Å²) in [6.45, 7) is 9.25. The highest BCUT2D eigenvalue weighted by atomic mass is 16.5. The number of hydrogen-bond acceptors (Lipinski definition) is 5. The zero-order chi connectivity index (χ0) is 25.4. The van der Waals surface area contributed by atoms with E-state index in [9.17, 15) is 4.79 Å². The van der Waals surface area contributed by atoms with Gasteiger partial charge in [0.15, 0.2) is 11.5 Å². The predicted octanol–water partition coefficient (Wildman–Crippen LogP) is 6.92. The third-order valence-electron chi connectivity index (χ3n) is 6.13. The van der Waals surface area contributed by atoms with Crippen LogP contribution < -0.4 is 19.5 Å². The van der Waals surface area contributed by atoms with E-state index >= 15 is 0 Å². The Hall–Kier alpha value is -3.41. The number of furan rings is 1.